The molecule has 0 aromatic heterocycles. The Morgan fingerprint density at radius 1 is 1.00 bits per heavy atom. The Balaban J connectivity index is 1.60. The van der Waals surface area contributed by atoms with E-state index in [1.54, 1.807) is 26.0 Å². The summed E-state index contributed by atoms with van der Waals surface area (Å²) in [5.74, 6) is -2.39. The lowest BCUT2D eigenvalue weighted by Crippen LogP contribution is -2.40. The van der Waals surface area contributed by atoms with Gasteiger partial charge in [0.25, 0.3) is 0 Å². The Labute approximate surface area is 158 Å². The van der Waals surface area contributed by atoms with Crippen LogP contribution in [0.15, 0.2) is 24.3 Å². The van der Waals surface area contributed by atoms with Crippen LogP contribution in [-0.4, -0.2) is 59.2 Å². The van der Waals surface area contributed by atoms with E-state index in [9.17, 15) is 19.2 Å². The molecule has 5 amide bonds. The van der Waals surface area contributed by atoms with E-state index in [0.717, 1.165) is 23.7 Å². The normalized spacial score (nSPS) is 17.9. The van der Waals surface area contributed by atoms with Crippen LogP contribution in [0.1, 0.15) is 33.1 Å². The van der Waals surface area contributed by atoms with Crippen LogP contribution >= 0.6 is 0 Å². The Bertz CT molecular complexity index is 753. The highest BCUT2D eigenvalue weighted by atomic mass is 16.2. The minimum atomic E-state index is -0.968. The number of benzene rings is 1. The lowest BCUT2D eigenvalue weighted by molar-refractivity contribution is -0.144. The van der Waals surface area contributed by atoms with Crippen LogP contribution in [0.3, 0.4) is 0 Å². The molecular formula is C19H24N4O4. The zero-order chi connectivity index (χ0) is 19.6. The summed E-state index contributed by atoms with van der Waals surface area (Å²) in [6.45, 7) is 4.85. The molecule has 3 rings (SSSR count). The predicted molar refractivity (Wildman–Crippen MR) is 100 cm³/mol. The van der Waals surface area contributed by atoms with Gasteiger partial charge in [0, 0.05) is 30.5 Å². The largest absolute Gasteiger partial charge is 0.372 e. The third-order valence-electron chi connectivity index (χ3n) is 4.77. The van der Waals surface area contributed by atoms with E-state index in [1.807, 2.05) is 12.1 Å². The summed E-state index contributed by atoms with van der Waals surface area (Å²) in [5, 5.41) is 2.67. The fraction of sp³-hybridized carbons (Fsp3) is 0.474. The minimum absolute atomic E-state index is 0.440. The van der Waals surface area contributed by atoms with E-state index in [2.05, 4.69) is 10.2 Å². The van der Waals surface area contributed by atoms with Crippen molar-refractivity contribution in [3.63, 3.8) is 0 Å². The molecular weight excluding hydrogens is 348 g/mol. The number of nitrogens with one attached hydrogen (secondary N) is 1. The van der Waals surface area contributed by atoms with Gasteiger partial charge >= 0.3 is 17.8 Å². The van der Waals surface area contributed by atoms with Crippen LogP contribution in [0.5, 0.6) is 0 Å². The van der Waals surface area contributed by atoms with Crippen molar-refractivity contribution >= 4 is 35.1 Å². The predicted octanol–water partition coefficient (Wildman–Crippen LogP) is 1.81. The Hall–Kier alpha value is -2.90. The van der Waals surface area contributed by atoms with Crippen molar-refractivity contribution in [2.24, 2.45) is 0 Å². The second-order valence-corrected chi connectivity index (χ2v) is 7.09. The number of hydrogen-bond donors (Lipinski definition) is 1. The molecule has 1 N–H and O–H groups in total. The first-order valence-corrected chi connectivity index (χ1v) is 9.22. The highest BCUT2D eigenvalue weighted by Gasteiger charge is 2.46. The molecule has 2 aliphatic rings. The van der Waals surface area contributed by atoms with Gasteiger partial charge in [0.15, 0.2) is 0 Å². The van der Waals surface area contributed by atoms with Crippen molar-refractivity contribution < 1.29 is 19.2 Å². The Morgan fingerprint density at radius 3 is 2.19 bits per heavy atom. The van der Waals surface area contributed by atoms with E-state index in [0.29, 0.717) is 10.6 Å². The van der Waals surface area contributed by atoms with Crippen LogP contribution in [-0.2, 0) is 14.4 Å². The molecule has 0 bridgehead atoms. The fourth-order valence-corrected chi connectivity index (χ4v) is 3.37. The number of urea groups is 1. The molecule has 1 aromatic rings. The number of nitrogens with zero attached hydrogens (tertiary/aromatic N) is 3. The topological polar surface area (TPSA) is 90.0 Å². The van der Waals surface area contributed by atoms with E-state index in [4.69, 9.17) is 0 Å². The summed E-state index contributed by atoms with van der Waals surface area (Å²) in [7, 11) is 0. The number of carbonyl (C=O) groups excluding carboxylic acids is 4. The summed E-state index contributed by atoms with van der Waals surface area (Å²) in [6.07, 6.45) is 3.63. The van der Waals surface area contributed by atoms with Gasteiger partial charge in [0.2, 0.25) is 5.91 Å². The quantitative estimate of drug-likeness (QED) is 0.629. The van der Waals surface area contributed by atoms with Gasteiger partial charge < -0.3 is 10.2 Å². The fourth-order valence-electron chi connectivity index (χ4n) is 3.37. The highest BCUT2D eigenvalue weighted by Crippen LogP contribution is 2.22. The lowest BCUT2D eigenvalue weighted by Gasteiger charge is -2.28. The maximum absolute atomic E-state index is 12.2. The molecule has 1 aromatic carbocycles. The molecule has 144 valence electrons. The maximum atomic E-state index is 12.2. The average Bonchev–Trinajstić information content (AvgIpc) is 2.86. The number of hydrogen-bond acceptors (Lipinski definition) is 5. The molecule has 0 saturated carbocycles. The summed E-state index contributed by atoms with van der Waals surface area (Å²) in [5.41, 5.74) is 1.68. The Kier molecular flexibility index (Phi) is 5.43. The molecule has 2 aliphatic heterocycles. The van der Waals surface area contributed by atoms with Gasteiger partial charge in [-0.1, -0.05) is 0 Å². The van der Waals surface area contributed by atoms with Gasteiger partial charge in [0.05, 0.1) is 0 Å². The first kappa shape index (κ1) is 18.9. The second-order valence-electron chi connectivity index (χ2n) is 7.09. The van der Waals surface area contributed by atoms with Crippen LogP contribution in [0, 0.1) is 0 Å². The third kappa shape index (κ3) is 3.94. The summed E-state index contributed by atoms with van der Waals surface area (Å²) >= 11 is 0. The Morgan fingerprint density at radius 2 is 1.63 bits per heavy atom. The molecule has 0 unspecified atom stereocenters. The van der Waals surface area contributed by atoms with Gasteiger partial charge in [-0.15, -0.1) is 0 Å². The van der Waals surface area contributed by atoms with Crippen molar-refractivity contribution in [3.8, 4) is 0 Å². The van der Waals surface area contributed by atoms with Crippen molar-refractivity contribution in [1.82, 2.24) is 9.80 Å². The molecule has 8 nitrogen and oxygen atoms in total. The number of piperidine rings is 1. The van der Waals surface area contributed by atoms with Gasteiger partial charge in [-0.05, 0) is 57.4 Å². The van der Waals surface area contributed by atoms with Crippen LogP contribution in [0.25, 0.3) is 0 Å². The van der Waals surface area contributed by atoms with Gasteiger partial charge in [-0.2, -0.15) is 0 Å². The molecule has 0 radical (unpaired) electrons. The van der Waals surface area contributed by atoms with E-state index in [1.165, 1.54) is 19.3 Å². The van der Waals surface area contributed by atoms with Crippen molar-refractivity contribution in [2.75, 3.05) is 29.9 Å². The lowest BCUT2D eigenvalue weighted by atomic mass is 10.1. The van der Waals surface area contributed by atoms with Gasteiger partial charge in [0.1, 0.15) is 6.54 Å². The number of imide groups is 2. The first-order valence-electron chi connectivity index (χ1n) is 9.22. The number of carbonyl (C=O) groups is 4. The second kappa shape index (κ2) is 7.77. The first-order chi connectivity index (χ1) is 12.9. The van der Waals surface area contributed by atoms with E-state index in [-0.39, 0.29) is 0 Å². The third-order valence-corrected chi connectivity index (χ3v) is 4.77. The monoisotopic (exact) mass is 372 g/mol. The molecule has 8 heteroatoms. The molecule has 0 aliphatic carbocycles. The van der Waals surface area contributed by atoms with E-state index >= 15 is 0 Å². The van der Waals surface area contributed by atoms with Crippen LogP contribution in [0.4, 0.5) is 16.2 Å². The van der Waals surface area contributed by atoms with E-state index < -0.39 is 36.3 Å². The SMILES string of the molecule is CC(C)N1C(=O)C(=O)N(CC(=O)Nc2ccc(N3CCCCC3)cc2)C1=O. The summed E-state index contributed by atoms with van der Waals surface area (Å²) < 4.78 is 0. The zero-order valence-electron chi connectivity index (χ0n) is 15.6. The minimum Gasteiger partial charge on any atom is -0.372 e. The van der Waals surface area contributed by atoms with Crippen molar-refractivity contribution in [3.05, 3.63) is 24.3 Å². The molecule has 0 spiro atoms. The van der Waals surface area contributed by atoms with Gasteiger partial charge in [-0.3, -0.25) is 19.3 Å². The molecule has 27 heavy (non-hydrogen) atoms. The highest BCUT2D eigenvalue weighted by molar-refractivity contribution is 6.45. The summed E-state index contributed by atoms with van der Waals surface area (Å²) in [4.78, 5) is 52.1. The van der Waals surface area contributed by atoms with Crippen molar-refractivity contribution in [1.29, 1.82) is 0 Å². The van der Waals surface area contributed by atoms with Crippen LogP contribution < -0.4 is 10.2 Å². The molecule has 0 atom stereocenters. The number of amides is 5. The van der Waals surface area contributed by atoms with Crippen LogP contribution in [0.2, 0.25) is 0 Å². The zero-order valence-corrected chi connectivity index (χ0v) is 15.6. The number of rotatable bonds is 5. The smallest absolute Gasteiger partial charge is 0.334 e. The molecule has 2 saturated heterocycles. The molecule has 2 fully saturated rings. The van der Waals surface area contributed by atoms with Gasteiger partial charge in [-0.25, -0.2) is 9.69 Å². The average molecular weight is 372 g/mol. The maximum Gasteiger partial charge on any atom is 0.334 e. The molecule has 2 heterocycles. The summed E-state index contributed by atoms with van der Waals surface area (Å²) in [6, 6.07) is 6.27. The number of anilines is 2. The standard InChI is InChI=1S/C19H24N4O4/c1-13(2)23-18(26)17(25)22(19(23)27)12-16(24)20-14-6-8-15(9-7-14)21-10-4-3-5-11-21/h6-9,13H,3-5,10-12H2,1-2H3,(H,20,24). The van der Waals surface area contributed by atoms with Crippen molar-refractivity contribution in [2.45, 2.75) is 39.2 Å².